The maximum atomic E-state index is 11.8. The molecule has 1 atom stereocenters. The zero-order valence-corrected chi connectivity index (χ0v) is 11.3. The summed E-state index contributed by atoms with van der Waals surface area (Å²) in [5, 5.41) is 3.08. The monoisotopic (exact) mass is 262 g/mol. The fourth-order valence-electron chi connectivity index (χ4n) is 2.17. The summed E-state index contributed by atoms with van der Waals surface area (Å²) in [6.07, 6.45) is 0.612. The number of primary amides is 1. The van der Waals surface area contributed by atoms with Crippen LogP contribution >= 0.6 is 0 Å². The van der Waals surface area contributed by atoms with Gasteiger partial charge in [-0.15, -0.1) is 0 Å². The quantitative estimate of drug-likeness (QED) is 0.844. The van der Waals surface area contributed by atoms with Crippen LogP contribution in [0.3, 0.4) is 0 Å². The van der Waals surface area contributed by atoms with Crippen LogP contribution in [0.15, 0.2) is 23.0 Å². The highest BCUT2D eigenvalue weighted by Crippen LogP contribution is 2.18. The number of rotatable bonds is 4. The predicted octanol–water partition coefficient (Wildman–Crippen LogP) is 0.553. The summed E-state index contributed by atoms with van der Waals surface area (Å²) >= 11 is 0. The summed E-state index contributed by atoms with van der Waals surface area (Å²) < 4.78 is 3.16. The topological polar surface area (TPSA) is 82.1 Å². The van der Waals surface area contributed by atoms with Gasteiger partial charge < -0.3 is 11.1 Å². The molecular formula is C13H18N4O2. The van der Waals surface area contributed by atoms with Gasteiger partial charge in [-0.2, -0.15) is 0 Å². The Morgan fingerprint density at radius 2 is 1.95 bits per heavy atom. The van der Waals surface area contributed by atoms with Crippen molar-refractivity contribution in [3.05, 3.63) is 28.7 Å². The first kappa shape index (κ1) is 13.2. The average Bonchev–Trinajstić information content (AvgIpc) is 2.61. The van der Waals surface area contributed by atoms with E-state index in [0.29, 0.717) is 6.42 Å². The summed E-state index contributed by atoms with van der Waals surface area (Å²) in [6, 6.07) is 5.14. The highest BCUT2D eigenvalue weighted by molar-refractivity contribution is 5.85. The maximum Gasteiger partial charge on any atom is 0.328 e. The van der Waals surface area contributed by atoms with Crippen LogP contribution in [0.1, 0.15) is 13.3 Å². The minimum absolute atomic E-state index is 0.0749. The third-order valence-corrected chi connectivity index (χ3v) is 3.36. The number of nitrogens with zero attached hydrogens (tertiary/aromatic N) is 2. The van der Waals surface area contributed by atoms with Crippen LogP contribution in [0.2, 0.25) is 0 Å². The number of benzene rings is 1. The number of imidazole rings is 1. The van der Waals surface area contributed by atoms with Gasteiger partial charge in [0.2, 0.25) is 5.91 Å². The molecular weight excluding hydrogens is 244 g/mol. The number of nitrogens with one attached hydrogen (secondary N) is 1. The second-order valence-electron chi connectivity index (χ2n) is 4.61. The molecule has 1 aromatic heterocycles. The molecule has 19 heavy (non-hydrogen) atoms. The number of hydrogen-bond donors (Lipinski definition) is 2. The molecule has 3 N–H and O–H groups in total. The van der Waals surface area contributed by atoms with Crippen LogP contribution in [-0.2, 0) is 18.9 Å². The molecule has 0 fully saturated rings. The first-order valence-electron chi connectivity index (χ1n) is 6.17. The van der Waals surface area contributed by atoms with Gasteiger partial charge in [-0.05, 0) is 24.6 Å². The molecule has 1 aromatic carbocycles. The van der Waals surface area contributed by atoms with Crippen LogP contribution in [-0.4, -0.2) is 21.1 Å². The second kappa shape index (κ2) is 4.79. The lowest BCUT2D eigenvalue weighted by atomic mass is 10.2. The molecule has 0 spiro atoms. The molecule has 1 heterocycles. The van der Waals surface area contributed by atoms with E-state index in [4.69, 9.17) is 5.73 Å². The third-order valence-electron chi connectivity index (χ3n) is 3.36. The summed E-state index contributed by atoms with van der Waals surface area (Å²) in [4.78, 5) is 23.0. The Balaban J connectivity index is 2.45. The third kappa shape index (κ3) is 2.21. The van der Waals surface area contributed by atoms with Gasteiger partial charge in [0.05, 0.1) is 11.0 Å². The number of aryl methyl sites for hydroxylation is 2. The molecule has 0 saturated carbocycles. The van der Waals surface area contributed by atoms with Crippen molar-refractivity contribution >= 4 is 22.6 Å². The van der Waals surface area contributed by atoms with Gasteiger partial charge in [0, 0.05) is 19.8 Å². The normalized spacial score (nSPS) is 12.6. The standard InChI is InChI=1S/C13H18N4O2/c1-4-9(12(14)18)15-8-5-6-10-11(7-8)17(3)13(19)16(10)2/h5-7,9,15H,4H2,1-3H3,(H2,14,18)/t9-/m0/s1. The molecule has 6 nitrogen and oxygen atoms in total. The lowest BCUT2D eigenvalue weighted by Gasteiger charge is -2.14. The summed E-state index contributed by atoms with van der Waals surface area (Å²) in [7, 11) is 3.45. The number of nitrogens with two attached hydrogens (primary N) is 1. The lowest BCUT2D eigenvalue weighted by Crippen LogP contribution is -2.34. The van der Waals surface area contributed by atoms with Gasteiger partial charge in [0.15, 0.2) is 0 Å². The summed E-state index contributed by atoms with van der Waals surface area (Å²) in [6.45, 7) is 1.89. The molecule has 102 valence electrons. The smallest absolute Gasteiger partial charge is 0.328 e. The number of hydrogen-bond acceptors (Lipinski definition) is 3. The summed E-state index contributed by atoms with van der Waals surface area (Å²) in [5.74, 6) is -0.385. The van der Waals surface area contributed by atoms with Crippen molar-refractivity contribution in [1.82, 2.24) is 9.13 Å². The minimum Gasteiger partial charge on any atom is -0.374 e. The SMILES string of the molecule is CC[C@H](Nc1ccc2c(c1)n(C)c(=O)n2C)C(N)=O. The van der Waals surface area contributed by atoms with E-state index in [9.17, 15) is 9.59 Å². The van der Waals surface area contributed by atoms with Crippen molar-refractivity contribution in [3.8, 4) is 0 Å². The lowest BCUT2D eigenvalue weighted by molar-refractivity contribution is -0.118. The number of amides is 1. The van der Waals surface area contributed by atoms with Gasteiger partial charge in [-0.3, -0.25) is 13.9 Å². The molecule has 0 saturated heterocycles. The number of anilines is 1. The van der Waals surface area contributed by atoms with Crippen LogP contribution in [0.25, 0.3) is 11.0 Å². The van der Waals surface area contributed by atoms with Crippen molar-refractivity contribution in [2.24, 2.45) is 19.8 Å². The van der Waals surface area contributed by atoms with Gasteiger partial charge in [-0.25, -0.2) is 4.79 Å². The van der Waals surface area contributed by atoms with Gasteiger partial charge in [0.25, 0.3) is 0 Å². The van der Waals surface area contributed by atoms with E-state index in [0.717, 1.165) is 16.7 Å². The maximum absolute atomic E-state index is 11.8. The van der Waals surface area contributed by atoms with E-state index in [-0.39, 0.29) is 11.6 Å². The van der Waals surface area contributed by atoms with Crippen molar-refractivity contribution < 1.29 is 4.79 Å². The number of aromatic nitrogens is 2. The summed E-state index contributed by atoms with van der Waals surface area (Å²) in [5.41, 5.74) is 7.68. The molecule has 0 aliphatic carbocycles. The molecule has 2 aromatic rings. The van der Waals surface area contributed by atoms with Crippen molar-refractivity contribution in [2.45, 2.75) is 19.4 Å². The number of carbonyl (C=O) groups is 1. The van der Waals surface area contributed by atoms with Crippen molar-refractivity contribution in [1.29, 1.82) is 0 Å². The highest BCUT2D eigenvalue weighted by atomic mass is 16.2. The fourth-order valence-corrected chi connectivity index (χ4v) is 2.17. The molecule has 0 bridgehead atoms. The Kier molecular flexibility index (Phi) is 3.33. The van der Waals surface area contributed by atoms with E-state index in [1.807, 2.05) is 25.1 Å². The first-order chi connectivity index (χ1) is 8.95. The van der Waals surface area contributed by atoms with E-state index >= 15 is 0 Å². The Hall–Kier alpha value is -2.24. The molecule has 0 aliphatic heterocycles. The van der Waals surface area contributed by atoms with Crippen molar-refractivity contribution in [2.75, 3.05) is 5.32 Å². The Morgan fingerprint density at radius 1 is 1.32 bits per heavy atom. The fraction of sp³-hybridized carbons (Fsp3) is 0.385. The van der Waals surface area contributed by atoms with E-state index < -0.39 is 6.04 Å². The zero-order chi connectivity index (χ0) is 14.2. The van der Waals surface area contributed by atoms with Crippen LogP contribution < -0.4 is 16.7 Å². The number of fused-ring (bicyclic) bond motifs is 1. The predicted molar refractivity (Wildman–Crippen MR) is 75.1 cm³/mol. The van der Waals surface area contributed by atoms with Crippen LogP contribution in [0.5, 0.6) is 0 Å². The zero-order valence-electron chi connectivity index (χ0n) is 11.3. The van der Waals surface area contributed by atoms with E-state index in [2.05, 4.69) is 5.32 Å². The minimum atomic E-state index is -0.404. The molecule has 0 aliphatic rings. The first-order valence-corrected chi connectivity index (χ1v) is 6.17. The second-order valence-corrected chi connectivity index (χ2v) is 4.61. The van der Waals surface area contributed by atoms with Gasteiger partial charge in [0.1, 0.15) is 6.04 Å². The van der Waals surface area contributed by atoms with E-state index in [1.54, 1.807) is 23.2 Å². The molecule has 2 rings (SSSR count). The van der Waals surface area contributed by atoms with Crippen LogP contribution in [0.4, 0.5) is 5.69 Å². The molecule has 0 radical (unpaired) electrons. The van der Waals surface area contributed by atoms with E-state index in [1.165, 1.54) is 0 Å². The Labute approximate surface area is 110 Å². The highest BCUT2D eigenvalue weighted by Gasteiger charge is 2.13. The largest absolute Gasteiger partial charge is 0.374 e. The number of carbonyl (C=O) groups excluding carboxylic acids is 1. The average molecular weight is 262 g/mol. The Bertz CT molecular complexity index is 684. The van der Waals surface area contributed by atoms with Gasteiger partial charge >= 0.3 is 5.69 Å². The van der Waals surface area contributed by atoms with Crippen molar-refractivity contribution in [3.63, 3.8) is 0 Å². The van der Waals surface area contributed by atoms with Crippen LogP contribution in [0, 0.1) is 0 Å². The molecule has 0 unspecified atom stereocenters. The molecule has 6 heteroatoms. The Morgan fingerprint density at radius 3 is 2.53 bits per heavy atom. The van der Waals surface area contributed by atoms with Gasteiger partial charge in [-0.1, -0.05) is 6.92 Å². The molecule has 1 amide bonds.